The molecule has 0 saturated carbocycles. The van der Waals surface area contributed by atoms with Gasteiger partial charge in [-0.25, -0.2) is 0 Å². The Morgan fingerprint density at radius 2 is 2.16 bits per heavy atom. The highest BCUT2D eigenvalue weighted by atomic mass is 16.6. The van der Waals surface area contributed by atoms with Crippen molar-refractivity contribution in [3.8, 4) is 5.75 Å². The lowest BCUT2D eigenvalue weighted by molar-refractivity contribution is -0.385. The molecule has 6 heteroatoms. The Kier molecular flexibility index (Phi) is 3.18. The van der Waals surface area contributed by atoms with Gasteiger partial charge in [-0.1, -0.05) is 19.9 Å². The zero-order valence-electron chi connectivity index (χ0n) is 10.9. The number of aromatic hydroxyl groups is 1. The zero-order valence-corrected chi connectivity index (χ0v) is 10.9. The van der Waals surface area contributed by atoms with Crippen LogP contribution in [0.5, 0.6) is 5.75 Å². The molecule has 1 saturated heterocycles. The van der Waals surface area contributed by atoms with Crippen molar-refractivity contribution in [2.24, 2.45) is 5.41 Å². The fourth-order valence-electron chi connectivity index (χ4n) is 2.31. The monoisotopic (exact) mass is 264 g/mol. The molecule has 2 rings (SSSR count). The summed E-state index contributed by atoms with van der Waals surface area (Å²) in [6.07, 6.45) is 0.883. The number of nitro groups is 1. The van der Waals surface area contributed by atoms with Gasteiger partial charge < -0.3 is 10.0 Å². The van der Waals surface area contributed by atoms with Crippen LogP contribution >= 0.6 is 0 Å². The van der Waals surface area contributed by atoms with Crippen LogP contribution in [0.15, 0.2) is 18.2 Å². The minimum absolute atomic E-state index is 0.00750. The largest absolute Gasteiger partial charge is 0.502 e. The number of carbonyl (C=O) groups is 1. The highest BCUT2D eigenvalue weighted by Gasteiger charge is 2.34. The fraction of sp³-hybridized carbons (Fsp3) is 0.462. The highest BCUT2D eigenvalue weighted by molar-refractivity contribution is 5.98. The van der Waals surface area contributed by atoms with Crippen molar-refractivity contribution >= 4 is 11.6 Å². The summed E-state index contributed by atoms with van der Waals surface area (Å²) in [5.74, 6) is -0.908. The molecule has 1 heterocycles. The molecule has 1 aromatic carbocycles. The first kappa shape index (κ1) is 13.3. The summed E-state index contributed by atoms with van der Waals surface area (Å²) in [5.41, 5.74) is -0.400. The maximum atomic E-state index is 12.3. The van der Waals surface area contributed by atoms with E-state index >= 15 is 0 Å². The van der Waals surface area contributed by atoms with E-state index in [0.717, 1.165) is 6.42 Å². The number of carbonyl (C=O) groups excluding carboxylic acids is 1. The van der Waals surface area contributed by atoms with Gasteiger partial charge in [-0.15, -0.1) is 0 Å². The summed E-state index contributed by atoms with van der Waals surface area (Å²) < 4.78 is 0. The maximum Gasteiger partial charge on any atom is 0.311 e. The van der Waals surface area contributed by atoms with Crippen LogP contribution in [0.2, 0.25) is 0 Å². The molecule has 1 fully saturated rings. The number of hydrogen-bond acceptors (Lipinski definition) is 4. The molecule has 0 radical (unpaired) electrons. The lowest BCUT2D eigenvalue weighted by Crippen LogP contribution is -2.30. The van der Waals surface area contributed by atoms with Crippen molar-refractivity contribution in [2.45, 2.75) is 20.3 Å². The first-order valence-electron chi connectivity index (χ1n) is 6.07. The number of benzene rings is 1. The molecular formula is C13H16N2O4. The van der Waals surface area contributed by atoms with E-state index in [4.69, 9.17) is 0 Å². The third kappa shape index (κ3) is 2.52. The van der Waals surface area contributed by atoms with Crippen LogP contribution in [0.4, 0.5) is 5.69 Å². The van der Waals surface area contributed by atoms with E-state index < -0.39 is 16.4 Å². The van der Waals surface area contributed by atoms with Gasteiger partial charge in [0.05, 0.1) is 10.5 Å². The second-order valence-corrected chi connectivity index (χ2v) is 5.57. The number of nitrogens with zero attached hydrogens (tertiary/aromatic N) is 2. The van der Waals surface area contributed by atoms with Crippen LogP contribution in [0.1, 0.15) is 30.6 Å². The molecule has 0 unspecified atom stereocenters. The molecule has 1 aliphatic rings. The first-order valence-corrected chi connectivity index (χ1v) is 6.07. The number of phenols is 1. The Morgan fingerprint density at radius 1 is 1.47 bits per heavy atom. The molecule has 6 nitrogen and oxygen atoms in total. The summed E-state index contributed by atoms with van der Waals surface area (Å²) in [4.78, 5) is 23.9. The Morgan fingerprint density at radius 3 is 2.68 bits per heavy atom. The summed E-state index contributed by atoms with van der Waals surface area (Å²) in [5, 5.41) is 20.6. The summed E-state index contributed by atoms with van der Waals surface area (Å²) >= 11 is 0. The van der Waals surface area contributed by atoms with E-state index in [1.165, 1.54) is 18.2 Å². The van der Waals surface area contributed by atoms with Crippen LogP contribution in [-0.4, -0.2) is 33.9 Å². The molecule has 0 aromatic heterocycles. The minimum atomic E-state index is -0.694. The molecule has 0 bridgehead atoms. The average molecular weight is 264 g/mol. The molecule has 0 atom stereocenters. The smallest absolute Gasteiger partial charge is 0.311 e. The second-order valence-electron chi connectivity index (χ2n) is 5.57. The Balaban J connectivity index is 2.30. The van der Waals surface area contributed by atoms with Gasteiger partial charge in [0, 0.05) is 19.2 Å². The molecule has 19 heavy (non-hydrogen) atoms. The van der Waals surface area contributed by atoms with Crippen LogP contribution in [-0.2, 0) is 0 Å². The number of likely N-dealkylation sites (tertiary alicyclic amines) is 1. The lowest BCUT2D eigenvalue weighted by Gasteiger charge is -2.20. The van der Waals surface area contributed by atoms with E-state index in [-0.39, 0.29) is 16.9 Å². The van der Waals surface area contributed by atoms with Crippen LogP contribution in [0.25, 0.3) is 0 Å². The van der Waals surface area contributed by atoms with E-state index in [1.807, 2.05) is 0 Å². The lowest BCUT2D eigenvalue weighted by atomic mass is 9.93. The highest BCUT2D eigenvalue weighted by Crippen LogP contribution is 2.34. The van der Waals surface area contributed by atoms with E-state index in [9.17, 15) is 20.0 Å². The molecular weight excluding hydrogens is 248 g/mol. The number of nitro benzene ring substituents is 1. The first-order chi connectivity index (χ1) is 8.82. The minimum Gasteiger partial charge on any atom is -0.502 e. The predicted octanol–water partition coefficient (Wildman–Crippen LogP) is 2.17. The summed E-state index contributed by atoms with van der Waals surface area (Å²) in [7, 11) is 0. The SMILES string of the molecule is CC1(C)CCN(C(=O)c2cccc([N+](=O)[O-])c2O)C1. The van der Waals surface area contributed by atoms with Gasteiger partial charge in [0.1, 0.15) is 0 Å². The Bertz CT molecular complexity index is 539. The van der Waals surface area contributed by atoms with Gasteiger partial charge in [0.15, 0.2) is 0 Å². The van der Waals surface area contributed by atoms with Gasteiger partial charge in [-0.05, 0) is 17.9 Å². The third-order valence-corrected chi connectivity index (χ3v) is 3.41. The van der Waals surface area contributed by atoms with Crippen LogP contribution in [0, 0.1) is 15.5 Å². The standard InChI is InChI=1S/C13H16N2O4/c1-13(2)6-7-14(8-13)12(17)9-4-3-5-10(11(9)16)15(18)19/h3-5,16H,6-8H2,1-2H3. The topological polar surface area (TPSA) is 83.7 Å². The molecule has 1 N–H and O–H groups in total. The summed E-state index contributed by atoms with van der Waals surface area (Å²) in [6, 6.07) is 4.00. The maximum absolute atomic E-state index is 12.3. The molecule has 0 spiro atoms. The Labute approximate surface area is 110 Å². The van der Waals surface area contributed by atoms with E-state index in [0.29, 0.717) is 13.1 Å². The number of phenolic OH excluding ortho intramolecular Hbond substituents is 1. The predicted molar refractivity (Wildman–Crippen MR) is 69.1 cm³/mol. The van der Waals surface area contributed by atoms with Crippen LogP contribution < -0.4 is 0 Å². The number of hydrogen-bond donors (Lipinski definition) is 1. The third-order valence-electron chi connectivity index (χ3n) is 3.41. The van der Waals surface area contributed by atoms with Gasteiger partial charge >= 0.3 is 5.69 Å². The fourth-order valence-corrected chi connectivity index (χ4v) is 2.31. The molecule has 102 valence electrons. The van der Waals surface area contributed by atoms with Crippen molar-refractivity contribution < 1.29 is 14.8 Å². The summed E-state index contributed by atoms with van der Waals surface area (Å²) in [6.45, 7) is 5.32. The van der Waals surface area contributed by atoms with E-state index in [1.54, 1.807) is 4.90 Å². The van der Waals surface area contributed by atoms with Crippen molar-refractivity contribution in [2.75, 3.05) is 13.1 Å². The number of rotatable bonds is 2. The number of amides is 1. The van der Waals surface area contributed by atoms with Gasteiger partial charge in [0.2, 0.25) is 5.75 Å². The van der Waals surface area contributed by atoms with Crippen LogP contribution in [0.3, 0.4) is 0 Å². The van der Waals surface area contributed by atoms with Gasteiger partial charge in [0.25, 0.3) is 5.91 Å². The Hall–Kier alpha value is -2.11. The number of para-hydroxylation sites is 1. The van der Waals surface area contributed by atoms with Crippen molar-refractivity contribution in [3.05, 3.63) is 33.9 Å². The quantitative estimate of drug-likeness (QED) is 0.655. The van der Waals surface area contributed by atoms with E-state index in [2.05, 4.69) is 13.8 Å². The normalized spacial score (nSPS) is 17.5. The second kappa shape index (κ2) is 4.53. The van der Waals surface area contributed by atoms with Crippen molar-refractivity contribution in [1.29, 1.82) is 0 Å². The zero-order chi connectivity index (χ0) is 14.2. The average Bonchev–Trinajstić information content (AvgIpc) is 2.69. The molecule has 1 aromatic rings. The van der Waals surface area contributed by atoms with Gasteiger partial charge in [-0.2, -0.15) is 0 Å². The molecule has 0 aliphatic carbocycles. The molecule has 1 aliphatic heterocycles. The van der Waals surface area contributed by atoms with Crippen molar-refractivity contribution in [3.63, 3.8) is 0 Å². The van der Waals surface area contributed by atoms with Gasteiger partial charge in [-0.3, -0.25) is 14.9 Å². The van der Waals surface area contributed by atoms with Crippen molar-refractivity contribution in [1.82, 2.24) is 4.90 Å². The molecule has 1 amide bonds.